The van der Waals surface area contributed by atoms with E-state index in [9.17, 15) is 14.7 Å². The molecule has 0 spiro atoms. The number of rotatable bonds is 6. The standard InChI is InChI=1S/C17H25NO3/c1-11-6-8-12(9-7-11)13(14(19)20)16(2,3)10-17(4,5)15(18)21/h6-9,13H,10H2,1-5H3,(H2,18,21)(H,19,20). The van der Waals surface area contributed by atoms with Crippen molar-refractivity contribution in [1.29, 1.82) is 0 Å². The van der Waals surface area contributed by atoms with Crippen molar-refractivity contribution in [3.05, 3.63) is 35.4 Å². The number of primary amides is 1. The summed E-state index contributed by atoms with van der Waals surface area (Å²) in [6.45, 7) is 9.21. The van der Waals surface area contributed by atoms with E-state index in [-0.39, 0.29) is 0 Å². The molecule has 0 heterocycles. The molecule has 1 atom stereocenters. The quantitative estimate of drug-likeness (QED) is 0.845. The summed E-state index contributed by atoms with van der Waals surface area (Å²) in [7, 11) is 0. The molecule has 0 aliphatic rings. The van der Waals surface area contributed by atoms with Crippen LogP contribution in [0.1, 0.15) is 51.2 Å². The molecule has 3 N–H and O–H groups in total. The maximum absolute atomic E-state index is 11.8. The van der Waals surface area contributed by atoms with E-state index >= 15 is 0 Å². The van der Waals surface area contributed by atoms with Gasteiger partial charge in [0.2, 0.25) is 5.91 Å². The summed E-state index contributed by atoms with van der Waals surface area (Å²) in [5.41, 5.74) is 5.91. The van der Waals surface area contributed by atoms with Gasteiger partial charge >= 0.3 is 5.97 Å². The molecule has 1 rings (SSSR count). The van der Waals surface area contributed by atoms with Crippen molar-refractivity contribution in [3.63, 3.8) is 0 Å². The largest absolute Gasteiger partial charge is 0.481 e. The Morgan fingerprint density at radius 2 is 1.62 bits per heavy atom. The predicted octanol–water partition coefficient (Wildman–Crippen LogP) is 3.09. The van der Waals surface area contributed by atoms with Gasteiger partial charge in [0.25, 0.3) is 0 Å². The van der Waals surface area contributed by atoms with Gasteiger partial charge in [0.1, 0.15) is 0 Å². The number of carboxylic acids is 1. The number of carboxylic acid groups (broad SMARTS) is 1. The zero-order chi connectivity index (χ0) is 16.4. The molecule has 0 aliphatic carbocycles. The molecule has 0 fully saturated rings. The van der Waals surface area contributed by atoms with Crippen LogP contribution in [0.2, 0.25) is 0 Å². The van der Waals surface area contributed by atoms with Crippen LogP contribution in [0.15, 0.2) is 24.3 Å². The van der Waals surface area contributed by atoms with Crippen LogP contribution >= 0.6 is 0 Å². The van der Waals surface area contributed by atoms with Gasteiger partial charge in [-0.15, -0.1) is 0 Å². The molecule has 0 bridgehead atoms. The van der Waals surface area contributed by atoms with Crippen LogP contribution in [0.5, 0.6) is 0 Å². The van der Waals surface area contributed by atoms with Gasteiger partial charge in [0.15, 0.2) is 0 Å². The van der Waals surface area contributed by atoms with Crippen molar-refractivity contribution in [1.82, 2.24) is 0 Å². The Bertz CT molecular complexity index is 529. The SMILES string of the molecule is Cc1ccc(C(C(=O)O)C(C)(C)CC(C)(C)C(N)=O)cc1. The first-order chi connectivity index (χ1) is 9.47. The Balaban J connectivity index is 3.18. The Morgan fingerprint density at radius 1 is 1.14 bits per heavy atom. The highest BCUT2D eigenvalue weighted by molar-refractivity contribution is 5.81. The summed E-state index contributed by atoms with van der Waals surface area (Å²) in [6, 6.07) is 7.49. The van der Waals surface area contributed by atoms with Crippen LogP contribution in [-0.2, 0) is 9.59 Å². The minimum Gasteiger partial charge on any atom is -0.481 e. The first kappa shape index (κ1) is 17.2. The maximum atomic E-state index is 11.8. The van der Waals surface area contributed by atoms with E-state index in [0.29, 0.717) is 6.42 Å². The molecule has 1 amide bonds. The van der Waals surface area contributed by atoms with Crippen LogP contribution in [0.25, 0.3) is 0 Å². The van der Waals surface area contributed by atoms with E-state index in [0.717, 1.165) is 11.1 Å². The van der Waals surface area contributed by atoms with E-state index in [1.807, 2.05) is 45.0 Å². The van der Waals surface area contributed by atoms with Crippen molar-refractivity contribution in [2.24, 2.45) is 16.6 Å². The topological polar surface area (TPSA) is 80.4 Å². The van der Waals surface area contributed by atoms with E-state index in [1.54, 1.807) is 13.8 Å². The predicted molar refractivity (Wildman–Crippen MR) is 82.9 cm³/mol. The number of carbonyl (C=O) groups is 2. The molecule has 0 aromatic heterocycles. The van der Waals surface area contributed by atoms with Crippen molar-refractivity contribution >= 4 is 11.9 Å². The fraction of sp³-hybridized carbons (Fsp3) is 0.529. The Hall–Kier alpha value is -1.84. The normalized spacial score (nSPS) is 13.8. The summed E-state index contributed by atoms with van der Waals surface area (Å²) < 4.78 is 0. The highest BCUT2D eigenvalue weighted by Crippen LogP contribution is 2.44. The third-order valence-corrected chi connectivity index (χ3v) is 4.00. The second-order valence-corrected chi connectivity index (χ2v) is 7.10. The minimum absolute atomic E-state index is 0.403. The molecule has 4 nitrogen and oxygen atoms in total. The van der Waals surface area contributed by atoms with Crippen LogP contribution in [0.4, 0.5) is 0 Å². The molecule has 0 aliphatic heterocycles. The number of aryl methyl sites for hydroxylation is 1. The lowest BCUT2D eigenvalue weighted by Gasteiger charge is -2.37. The monoisotopic (exact) mass is 291 g/mol. The molecular formula is C17H25NO3. The van der Waals surface area contributed by atoms with Crippen molar-refractivity contribution in [3.8, 4) is 0 Å². The summed E-state index contributed by atoms with van der Waals surface area (Å²) in [5, 5.41) is 9.65. The molecule has 0 saturated carbocycles. The van der Waals surface area contributed by atoms with Gasteiger partial charge in [-0.1, -0.05) is 57.5 Å². The second kappa shape index (κ2) is 5.88. The van der Waals surface area contributed by atoms with Crippen LogP contribution in [0.3, 0.4) is 0 Å². The number of carbonyl (C=O) groups excluding carboxylic acids is 1. The summed E-state index contributed by atoms with van der Waals surface area (Å²) >= 11 is 0. The van der Waals surface area contributed by atoms with Crippen LogP contribution in [0, 0.1) is 17.8 Å². The minimum atomic E-state index is -0.885. The van der Waals surface area contributed by atoms with Gasteiger partial charge in [-0.25, -0.2) is 0 Å². The third kappa shape index (κ3) is 4.06. The van der Waals surface area contributed by atoms with Crippen molar-refractivity contribution in [2.75, 3.05) is 0 Å². The lowest BCUT2D eigenvalue weighted by molar-refractivity contribution is -0.143. The number of amides is 1. The highest BCUT2D eigenvalue weighted by Gasteiger charge is 2.42. The third-order valence-electron chi connectivity index (χ3n) is 4.00. The summed E-state index contributed by atoms with van der Waals surface area (Å²) in [4.78, 5) is 23.3. The lowest BCUT2D eigenvalue weighted by atomic mass is 9.66. The summed E-state index contributed by atoms with van der Waals surface area (Å²) in [5.74, 6) is -1.98. The molecule has 1 aromatic carbocycles. The molecule has 4 heteroatoms. The number of hydrogen-bond donors (Lipinski definition) is 2. The highest BCUT2D eigenvalue weighted by atomic mass is 16.4. The smallest absolute Gasteiger partial charge is 0.311 e. The van der Waals surface area contributed by atoms with Crippen molar-refractivity contribution < 1.29 is 14.7 Å². The molecule has 21 heavy (non-hydrogen) atoms. The molecular weight excluding hydrogens is 266 g/mol. The maximum Gasteiger partial charge on any atom is 0.311 e. The van der Waals surface area contributed by atoms with Crippen LogP contribution in [-0.4, -0.2) is 17.0 Å². The summed E-state index contributed by atoms with van der Waals surface area (Å²) in [6.07, 6.45) is 0.403. The number of aliphatic carboxylic acids is 1. The molecule has 0 radical (unpaired) electrons. The lowest BCUT2D eigenvalue weighted by Crippen LogP contribution is -2.39. The molecule has 1 unspecified atom stereocenters. The average molecular weight is 291 g/mol. The van der Waals surface area contributed by atoms with Gasteiger partial charge in [-0.05, 0) is 24.3 Å². The Kier molecular flexibility index (Phi) is 4.82. The zero-order valence-corrected chi connectivity index (χ0v) is 13.4. The van der Waals surface area contributed by atoms with Gasteiger partial charge in [0, 0.05) is 5.41 Å². The van der Waals surface area contributed by atoms with Gasteiger partial charge in [-0.3, -0.25) is 9.59 Å². The Labute approximate surface area is 126 Å². The first-order valence-corrected chi connectivity index (χ1v) is 7.07. The van der Waals surface area contributed by atoms with Crippen molar-refractivity contribution in [2.45, 2.75) is 47.0 Å². The van der Waals surface area contributed by atoms with Gasteiger partial charge in [-0.2, -0.15) is 0 Å². The van der Waals surface area contributed by atoms with E-state index < -0.39 is 28.6 Å². The second-order valence-electron chi connectivity index (χ2n) is 7.10. The van der Waals surface area contributed by atoms with Gasteiger partial charge < -0.3 is 10.8 Å². The van der Waals surface area contributed by atoms with Gasteiger partial charge in [0.05, 0.1) is 5.92 Å². The number of hydrogen-bond acceptors (Lipinski definition) is 2. The molecule has 1 aromatic rings. The number of nitrogens with two attached hydrogens (primary N) is 1. The van der Waals surface area contributed by atoms with E-state index in [1.165, 1.54) is 0 Å². The van der Waals surface area contributed by atoms with E-state index in [4.69, 9.17) is 5.73 Å². The fourth-order valence-corrected chi connectivity index (χ4v) is 3.02. The molecule has 0 saturated heterocycles. The fourth-order valence-electron chi connectivity index (χ4n) is 3.02. The van der Waals surface area contributed by atoms with Crippen LogP contribution < -0.4 is 5.73 Å². The van der Waals surface area contributed by atoms with E-state index in [2.05, 4.69) is 0 Å². The first-order valence-electron chi connectivity index (χ1n) is 7.07. The average Bonchev–Trinajstić information content (AvgIpc) is 2.29. The Morgan fingerprint density at radius 3 is 2.00 bits per heavy atom. The molecule has 116 valence electrons. The number of benzene rings is 1. The zero-order valence-electron chi connectivity index (χ0n) is 13.4.